The largest absolute Gasteiger partial charge is 0.294 e. The number of nitro benzene ring substituents is 1. The van der Waals surface area contributed by atoms with Crippen LogP contribution in [0.1, 0.15) is 5.56 Å². The van der Waals surface area contributed by atoms with Gasteiger partial charge in [0.05, 0.1) is 33.2 Å². The molecule has 0 atom stereocenters. The molecule has 0 aliphatic carbocycles. The van der Waals surface area contributed by atoms with Crippen LogP contribution in [0.15, 0.2) is 52.9 Å². The molecule has 146 valence electrons. The maximum absolute atomic E-state index is 13.2. The number of hydrogen-bond acceptors (Lipinski definition) is 5. The number of aromatic nitrogens is 2. The van der Waals surface area contributed by atoms with Gasteiger partial charge in [-0.25, -0.2) is 4.98 Å². The summed E-state index contributed by atoms with van der Waals surface area (Å²) in [6.45, 7) is 0.107. The molecular weight excluding hydrogens is 457 g/mol. The molecule has 0 saturated carbocycles. The van der Waals surface area contributed by atoms with E-state index < -0.39 is 4.92 Å². The number of nitro groups is 1. The highest BCUT2D eigenvalue weighted by Crippen LogP contribution is 2.33. The predicted molar refractivity (Wildman–Crippen MR) is 117 cm³/mol. The summed E-state index contributed by atoms with van der Waals surface area (Å²) in [5.41, 5.74) is 1.59. The number of benzene rings is 2. The molecule has 0 fully saturated rings. The molecule has 0 N–H and O–H groups in total. The first-order valence-electron chi connectivity index (χ1n) is 8.20. The van der Waals surface area contributed by atoms with Gasteiger partial charge in [-0.2, -0.15) is 0 Å². The first-order valence-corrected chi connectivity index (χ1v) is 10.2. The lowest BCUT2D eigenvalue weighted by molar-refractivity contribution is -0.384. The number of thiophene rings is 1. The average Bonchev–Trinajstić information content (AvgIpc) is 3.15. The lowest BCUT2D eigenvalue weighted by Gasteiger charge is -2.11. The topological polar surface area (TPSA) is 78.0 Å². The molecule has 0 spiro atoms. The molecule has 0 bridgehead atoms. The fourth-order valence-electron chi connectivity index (χ4n) is 2.94. The van der Waals surface area contributed by atoms with E-state index in [9.17, 15) is 14.9 Å². The van der Waals surface area contributed by atoms with Crippen molar-refractivity contribution in [3.8, 4) is 11.1 Å². The molecule has 4 aromatic rings. The second-order valence-corrected chi connectivity index (χ2v) is 8.18. The van der Waals surface area contributed by atoms with Gasteiger partial charge in [0.15, 0.2) is 0 Å². The molecule has 29 heavy (non-hydrogen) atoms. The van der Waals surface area contributed by atoms with Crippen molar-refractivity contribution >= 4 is 62.0 Å². The van der Waals surface area contributed by atoms with Crippen LogP contribution in [-0.2, 0) is 6.54 Å². The lowest BCUT2D eigenvalue weighted by atomic mass is 10.1. The number of rotatable bonds is 4. The average molecular weight is 467 g/mol. The van der Waals surface area contributed by atoms with Crippen LogP contribution in [0.4, 0.5) is 5.69 Å². The van der Waals surface area contributed by atoms with Gasteiger partial charge in [-0.15, -0.1) is 11.3 Å². The van der Waals surface area contributed by atoms with Crippen molar-refractivity contribution in [3.05, 3.63) is 89.2 Å². The van der Waals surface area contributed by atoms with Crippen LogP contribution < -0.4 is 5.56 Å². The van der Waals surface area contributed by atoms with E-state index in [1.165, 1.54) is 34.4 Å². The van der Waals surface area contributed by atoms with Crippen LogP contribution in [0.5, 0.6) is 0 Å². The quantitative estimate of drug-likeness (QED) is 0.209. The van der Waals surface area contributed by atoms with Crippen LogP contribution in [0.3, 0.4) is 0 Å². The Morgan fingerprint density at radius 2 is 1.76 bits per heavy atom. The Morgan fingerprint density at radius 1 is 1.07 bits per heavy atom. The van der Waals surface area contributed by atoms with E-state index in [1.807, 2.05) is 5.38 Å². The Bertz CT molecular complexity index is 1320. The van der Waals surface area contributed by atoms with Crippen molar-refractivity contribution in [2.24, 2.45) is 0 Å². The minimum atomic E-state index is -0.470. The molecule has 0 aliphatic rings. The van der Waals surface area contributed by atoms with Gasteiger partial charge in [-0.05, 0) is 29.8 Å². The molecule has 4 rings (SSSR count). The number of halogens is 3. The van der Waals surface area contributed by atoms with Crippen molar-refractivity contribution in [1.82, 2.24) is 9.55 Å². The zero-order valence-corrected chi connectivity index (χ0v) is 17.5. The summed E-state index contributed by atoms with van der Waals surface area (Å²) in [6, 6.07) is 9.24. The fourth-order valence-corrected chi connectivity index (χ4v) is 4.51. The first kappa shape index (κ1) is 19.8. The third kappa shape index (κ3) is 3.62. The van der Waals surface area contributed by atoms with Crippen LogP contribution in [0, 0.1) is 10.1 Å². The molecule has 0 aliphatic heterocycles. The Balaban J connectivity index is 1.82. The van der Waals surface area contributed by atoms with E-state index >= 15 is 0 Å². The Hall–Kier alpha value is -2.45. The molecule has 0 radical (unpaired) electrons. The fraction of sp³-hybridized carbons (Fsp3) is 0.0526. The summed E-state index contributed by atoms with van der Waals surface area (Å²) < 4.78 is 1.41. The summed E-state index contributed by atoms with van der Waals surface area (Å²) >= 11 is 19.9. The van der Waals surface area contributed by atoms with Gasteiger partial charge in [0.25, 0.3) is 11.2 Å². The minimum absolute atomic E-state index is 0.0194. The SMILES string of the molecule is O=c1c2c(-c3ccc([N+](=O)[O-])cc3)csc2ncn1Cc1c(Cl)ccc(Cl)c1Cl. The maximum atomic E-state index is 13.2. The van der Waals surface area contributed by atoms with Gasteiger partial charge in [0.1, 0.15) is 4.83 Å². The molecule has 0 amide bonds. The molecule has 2 aromatic heterocycles. The highest BCUT2D eigenvalue weighted by Gasteiger charge is 2.16. The van der Waals surface area contributed by atoms with Gasteiger partial charge in [-0.1, -0.05) is 34.8 Å². The third-order valence-electron chi connectivity index (χ3n) is 4.42. The number of nitrogens with zero attached hydrogens (tertiary/aromatic N) is 3. The second-order valence-electron chi connectivity index (χ2n) is 6.13. The van der Waals surface area contributed by atoms with Crippen LogP contribution in [-0.4, -0.2) is 14.5 Å². The summed E-state index contributed by atoms with van der Waals surface area (Å²) in [5.74, 6) is 0. The molecular formula is C19H10Cl3N3O3S. The van der Waals surface area contributed by atoms with E-state index in [0.29, 0.717) is 37.0 Å². The Kier molecular flexibility index (Phi) is 5.31. The molecule has 6 nitrogen and oxygen atoms in total. The highest BCUT2D eigenvalue weighted by molar-refractivity contribution is 7.17. The van der Waals surface area contributed by atoms with Crippen molar-refractivity contribution in [2.75, 3.05) is 0 Å². The molecule has 10 heteroatoms. The summed E-state index contributed by atoms with van der Waals surface area (Å²) in [7, 11) is 0. The monoisotopic (exact) mass is 465 g/mol. The van der Waals surface area contributed by atoms with Gasteiger partial charge in [0, 0.05) is 33.7 Å². The van der Waals surface area contributed by atoms with Crippen LogP contribution >= 0.6 is 46.1 Å². The highest BCUT2D eigenvalue weighted by atomic mass is 35.5. The maximum Gasteiger partial charge on any atom is 0.269 e. The number of non-ortho nitro benzene ring substituents is 1. The van der Waals surface area contributed by atoms with Crippen molar-refractivity contribution in [1.29, 1.82) is 0 Å². The van der Waals surface area contributed by atoms with E-state index in [-0.39, 0.29) is 22.8 Å². The molecule has 0 unspecified atom stereocenters. The number of hydrogen-bond donors (Lipinski definition) is 0. The van der Waals surface area contributed by atoms with Gasteiger partial charge in [-0.3, -0.25) is 19.5 Å². The Labute approximate surface area is 183 Å². The summed E-state index contributed by atoms with van der Waals surface area (Å²) in [6.07, 6.45) is 1.44. The van der Waals surface area contributed by atoms with E-state index in [2.05, 4.69) is 4.98 Å². The Morgan fingerprint density at radius 3 is 2.45 bits per heavy atom. The predicted octanol–water partition coefficient (Wildman–Crippen LogP) is 6.04. The normalized spacial score (nSPS) is 11.1. The van der Waals surface area contributed by atoms with Gasteiger partial charge >= 0.3 is 0 Å². The van der Waals surface area contributed by atoms with E-state index in [0.717, 1.165) is 0 Å². The summed E-state index contributed by atoms with van der Waals surface area (Å²) in [5, 5.41) is 14.1. The zero-order valence-electron chi connectivity index (χ0n) is 14.4. The first-order chi connectivity index (χ1) is 13.9. The molecule has 0 saturated heterocycles. The van der Waals surface area contributed by atoms with E-state index in [4.69, 9.17) is 34.8 Å². The third-order valence-corrected chi connectivity index (χ3v) is 6.50. The van der Waals surface area contributed by atoms with Crippen molar-refractivity contribution in [2.45, 2.75) is 6.54 Å². The summed E-state index contributed by atoms with van der Waals surface area (Å²) in [4.78, 5) is 28.5. The van der Waals surface area contributed by atoms with Crippen LogP contribution in [0.2, 0.25) is 15.1 Å². The van der Waals surface area contributed by atoms with E-state index in [1.54, 1.807) is 24.3 Å². The van der Waals surface area contributed by atoms with Crippen molar-refractivity contribution in [3.63, 3.8) is 0 Å². The number of fused-ring (bicyclic) bond motifs is 1. The molecule has 2 heterocycles. The standard InChI is InChI=1S/C19H10Cl3N3O3S/c20-14-5-6-15(21)17(22)12(14)7-24-9-23-18-16(19(24)26)13(8-29-18)10-1-3-11(4-2-10)25(27)28/h1-6,8-9H,7H2. The van der Waals surface area contributed by atoms with Gasteiger partial charge < -0.3 is 0 Å². The van der Waals surface area contributed by atoms with Crippen LogP contribution in [0.25, 0.3) is 21.3 Å². The smallest absolute Gasteiger partial charge is 0.269 e. The second kappa shape index (κ2) is 7.76. The lowest BCUT2D eigenvalue weighted by Crippen LogP contribution is -2.21. The minimum Gasteiger partial charge on any atom is -0.294 e. The van der Waals surface area contributed by atoms with Gasteiger partial charge in [0.2, 0.25) is 0 Å². The van der Waals surface area contributed by atoms with Crippen molar-refractivity contribution < 1.29 is 4.92 Å². The zero-order chi connectivity index (χ0) is 20.7. The molecule has 2 aromatic carbocycles.